The van der Waals surface area contributed by atoms with Crippen LogP contribution in [-0.4, -0.2) is 29.7 Å². The SMILES string of the molecule is CSc1nc(C(F)(F)F)cc(=O)n1-c1ccc(S(=O)(=O)C(F)(F)F)cc1. The molecule has 2 rings (SSSR count). The molecule has 0 radical (unpaired) electrons. The van der Waals surface area contributed by atoms with Crippen molar-refractivity contribution in [1.82, 2.24) is 9.55 Å². The molecule has 0 fully saturated rings. The Morgan fingerprint density at radius 3 is 2.00 bits per heavy atom. The first-order chi connectivity index (χ1) is 11.8. The Bertz CT molecular complexity index is 979. The van der Waals surface area contributed by atoms with Crippen LogP contribution in [0.4, 0.5) is 26.3 Å². The first kappa shape index (κ1) is 20.3. The Morgan fingerprint density at radius 2 is 1.58 bits per heavy atom. The molecule has 26 heavy (non-hydrogen) atoms. The van der Waals surface area contributed by atoms with Gasteiger partial charge in [-0.25, -0.2) is 13.4 Å². The standard InChI is InChI=1S/C13H8F6N2O3S2/c1-25-11-20-9(12(14,15)16)6-10(22)21(11)7-2-4-8(5-3-7)26(23,24)13(17,18)19/h2-6H,1H3. The zero-order valence-electron chi connectivity index (χ0n) is 12.6. The third kappa shape index (κ3) is 3.72. The third-order valence-corrected chi connectivity index (χ3v) is 5.21. The molecule has 0 aliphatic carbocycles. The number of rotatable bonds is 3. The van der Waals surface area contributed by atoms with Crippen LogP contribution in [0, 0.1) is 0 Å². The van der Waals surface area contributed by atoms with Crippen LogP contribution in [-0.2, 0) is 16.0 Å². The monoisotopic (exact) mass is 418 g/mol. The first-order valence-corrected chi connectivity index (χ1v) is 9.17. The van der Waals surface area contributed by atoms with Crippen LogP contribution in [0.2, 0.25) is 0 Å². The molecule has 1 heterocycles. The zero-order valence-corrected chi connectivity index (χ0v) is 14.2. The van der Waals surface area contributed by atoms with Gasteiger partial charge in [0.1, 0.15) is 0 Å². The normalized spacial score (nSPS) is 13.0. The molecule has 0 unspecified atom stereocenters. The van der Waals surface area contributed by atoms with E-state index in [1.54, 1.807) is 0 Å². The summed E-state index contributed by atoms with van der Waals surface area (Å²) >= 11 is 0.702. The van der Waals surface area contributed by atoms with Gasteiger partial charge in [0.25, 0.3) is 15.4 Å². The highest BCUT2D eigenvalue weighted by Gasteiger charge is 2.46. The molecule has 0 N–H and O–H groups in total. The van der Waals surface area contributed by atoms with E-state index in [4.69, 9.17) is 0 Å². The van der Waals surface area contributed by atoms with Crippen LogP contribution < -0.4 is 5.56 Å². The highest BCUT2D eigenvalue weighted by molar-refractivity contribution is 7.98. The number of sulfone groups is 1. The predicted octanol–water partition coefficient (Wildman–Crippen LogP) is 3.27. The number of nitrogens with zero attached hydrogens (tertiary/aromatic N) is 2. The summed E-state index contributed by atoms with van der Waals surface area (Å²) in [7, 11) is -5.58. The summed E-state index contributed by atoms with van der Waals surface area (Å²) < 4.78 is 99.1. The molecule has 142 valence electrons. The minimum absolute atomic E-state index is 0.137. The van der Waals surface area contributed by atoms with Crippen molar-refractivity contribution < 1.29 is 34.8 Å². The number of thioether (sulfide) groups is 1. The van der Waals surface area contributed by atoms with Crippen molar-refractivity contribution >= 4 is 21.6 Å². The lowest BCUT2D eigenvalue weighted by Gasteiger charge is -2.14. The van der Waals surface area contributed by atoms with Gasteiger partial charge in [0.2, 0.25) is 0 Å². The van der Waals surface area contributed by atoms with Crippen LogP contribution in [0.5, 0.6) is 0 Å². The zero-order chi connectivity index (χ0) is 19.9. The van der Waals surface area contributed by atoms with Crippen LogP contribution >= 0.6 is 11.8 Å². The number of benzene rings is 1. The van der Waals surface area contributed by atoms with Crippen molar-refractivity contribution in [1.29, 1.82) is 0 Å². The fourth-order valence-corrected chi connectivity index (χ4v) is 3.22. The molecule has 0 atom stereocenters. The maximum absolute atomic E-state index is 12.7. The largest absolute Gasteiger partial charge is 0.501 e. The van der Waals surface area contributed by atoms with E-state index in [-0.39, 0.29) is 16.9 Å². The van der Waals surface area contributed by atoms with Gasteiger partial charge in [0, 0.05) is 6.07 Å². The van der Waals surface area contributed by atoms with Gasteiger partial charge in [0.05, 0.1) is 10.6 Å². The van der Waals surface area contributed by atoms with Gasteiger partial charge in [-0.05, 0) is 30.5 Å². The summed E-state index contributed by atoms with van der Waals surface area (Å²) in [5, 5.41) is -0.365. The molecule has 0 saturated heterocycles. The fraction of sp³-hybridized carbons (Fsp3) is 0.231. The van der Waals surface area contributed by atoms with E-state index in [0.717, 1.165) is 16.7 Å². The van der Waals surface area contributed by atoms with Gasteiger partial charge in [-0.2, -0.15) is 26.3 Å². The first-order valence-electron chi connectivity index (χ1n) is 6.46. The van der Waals surface area contributed by atoms with Gasteiger partial charge in [-0.1, -0.05) is 11.8 Å². The van der Waals surface area contributed by atoms with E-state index in [1.165, 1.54) is 6.26 Å². The average molecular weight is 418 g/mol. The molecule has 5 nitrogen and oxygen atoms in total. The molecule has 1 aromatic carbocycles. The lowest BCUT2D eigenvalue weighted by molar-refractivity contribution is -0.141. The molecule has 13 heteroatoms. The Balaban J connectivity index is 2.59. The second kappa shape index (κ2) is 6.61. The lowest BCUT2D eigenvalue weighted by atomic mass is 10.3. The van der Waals surface area contributed by atoms with Gasteiger partial charge < -0.3 is 0 Å². The number of aromatic nitrogens is 2. The summed E-state index contributed by atoms with van der Waals surface area (Å²) in [6.07, 6.45) is -3.51. The van der Waals surface area contributed by atoms with Crippen molar-refractivity contribution in [3.8, 4) is 5.69 Å². The van der Waals surface area contributed by atoms with Gasteiger partial charge in [-0.15, -0.1) is 0 Å². The molecule has 1 aromatic heterocycles. The molecule has 0 saturated carbocycles. The second-order valence-corrected chi connectivity index (χ2v) is 7.46. The van der Waals surface area contributed by atoms with Crippen molar-refractivity contribution in [3.63, 3.8) is 0 Å². The van der Waals surface area contributed by atoms with Crippen molar-refractivity contribution in [2.24, 2.45) is 0 Å². The Kier molecular flexibility index (Phi) is 5.16. The number of alkyl halides is 6. The summed E-state index contributed by atoms with van der Waals surface area (Å²) in [6, 6.07) is 3.18. The molecule has 0 aliphatic rings. The molecule has 0 amide bonds. The summed E-state index contributed by atoms with van der Waals surface area (Å²) in [5.74, 6) is 0. The molecule has 2 aromatic rings. The third-order valence-electron chi connectivity index (χ3n) is 3.07. The van der Waals surface area contributed by atoms with Crippen LogP contribution in [0.1, 0.15) is 5.69 Å². The topological polar surface area (TPSA) is 69.0 Å². The van der Waals surface area contributed by atoms with E-state index >= 15 is 0 Å². The van der Waals surface area contributed by atoms with E-state index in [0.29, 0.717) is 23.9 Å². The summed E-state index contributed by atoms with van der Waals surface area (Å²) in [5.41, 5.74) is -8.18. The molecule has 0 bridgehead atoms. The number of halogens is 6. The highest BCUT2D eigenvalue weighted by Crippen LogP contribution is 2.31. The maximum Gasteiger partial charge on any atom is 0.501 e. The van der Waals surface area contributed by atoms with Crippen LogP contribution in [0.25, 0.3) is 5.69 Å². The van der Waals surface area contributed by atoms with Gasteiger partial charge >= 0.3 is 11.7 Å². The molecule has 0 spiro atoms. The van der Waals surface area contributed by atoms with Gasteiger partial charge in [-0.3, -0.25) is 9.36 Å². The lowest BCUT2D eigenvalue weighted by Crippen LogP contribution is -2.25. The minimum atomic E-state index is -5.58. The van der Waals surface area contributed by atoms with E-state index in [1.807, 2.05) is 0 Å². The highest BCUT2D eigenvalue weighted by atomic mass is 32.2. The number of hydrogen-bond acceptors (Lipinski definition) is 5. The Hall–Kier alpha value is -2.02. The van der Waals surface area contributed by atoms with Crippen LogP contribution in [0.15, 0.2) is 45.2 Å². The number of hydrogen-bond donors (Lipinski definition) is 0. The van der Waals surface area contributed by atoms with Crippen molar-refractivity contribution in [2.45, 2.75) is 21.7 Å². The van der Waals surface area contributed by atoms with E-state index in [2.05, 4.69) is 4.98 Å². The van der Waals surface area contributed by atoms with Gasteiger partial charge in [0.15, 0.2) is 10.9 Å². The smallest absolute Gasteiger partial charge is 0.269 e. The Labute approximate surface area is 146 Å². The van der Waals surface area contributed by atoms with E-state index in [9.17, 15) is 39.6 Å². The minimum Gasteiger partial charge on any atom is -0.269 e. The summed E-state index contributed by atoms with van der Waals surface area (Å²) in [4.78, 5) is 14.3. The summed E-state index contributed by atoms with van der Waals surface area (Å²) in [6.45, 7) is 0. The van der Waals surface area contributed by atoms with Crippen molar-refractivity contribution in [2.75, 3.05) is 6.26 Å². The average Bonchev–Trinajstić information content (AvgIpc) is 2.52. The molecular formula is C13H8F6N2O3S2. The second-order valence-electron chi connectivity index (χ2n) is 4.74. The van der Waals surface area contributed by atoms with E-state index < -0.39 is 37.7 Å². The maximum atomic E-state index is 12.7. The van der Waals surface area contributed by atoms with Crippen molar-refractivity contribution in [3.05, 3.63) is 46.4 Å². The Morgan fingerprint density at radius 1 is 1.04 bits per heavy atom. The predicted molar refractivity (Wildman–Crippen MR) is 79.9 cm³/mol. The molecular weight excluding hydrogens is 410 g/mol. The fourth-order valence-electron chi connectivity index (χ4n) is 1.89. The quantitative estimate of drug-likeness (QED) is 0.435. The van der Waals surface area contributed by atoms with Crippen LogP contribution in [0.3, 0.4) is 0 Å². The molecule has 0 aliphatic heterocycles.